The van der Waals surface area contributed by atoms with Crippen LogP contribution in [-0.4, -0.2) is 64.8 Å². The molecule has 0 aliphatic carbocycles. The van der Waals surface area contributed by atoms with Crippen LogP contribution in [0.15, 0.2) is 0 Å². The zero-order chi connectivity index (χ0) is 14.0. The van der Waals surface area contributed by atoms with Gasteiger partial charge in [0, 0.05) is 32.8 Å². The van der Waals surface area contributed by atoms with E-state index in [0.29, 0.717) is 26.2 Å². The molecule has 2 saturated heterocycles. The van der Waals surface area contributed by atoms with Crippen molar-refractivity contribution >= 4 is 12.0 Å². The molecule has 108 valence electrons. The molecule has 0 aromatic carbocycles. The zero-order valence-electron chi connectivity index (χ0n) is 11.3. The summed E-state index contributed by atoms with van der Waals surface area (Å²) in [5, 5.41) is 18.3. The summed E-state index contributed by atoms with van der Waals surface area (Å²) in [6, 6.07) is -0.0752. The van der Waals surface area contributed by atoms with Crippen LogP contribution in [0.4, 0.5) is 4.79 Å². The van der Waals surface area contributed by atoms with Crippen LogP contribution < -0.4 is 0 Å². The Morgan fingerprint density at radius 2 is 1.95 bits per heavy atom. The van der Waals surface area contributed by atoms with Crippen LogP contribution in [0.2, 0.25) is 0 Å². The molecule has 0 aromatic rings. The molecule has 3 atom stereocenters. The number of nitrogens with zero attached hydrogens (tertiary/aromatic N) is 2. The van der Waals surface area contributed by atoms with E-state index in [2.05, 4.69) is 0 Å². The number of aliphatic hydroxyl groups is 1. The summed E-state index contributed by atoms with van der Waals surface area (Å²) in [6.45, 7) is 4.08. The molecule has 2 fully saturated rings. The number of carbonyl (C=O) groups excluding carboxylic acids is 1. The molecule has 2 aliphatic heterocycles. The maximum Gasteiger partial charge on any atom is 0.320 e. The molecule has 2 N–H and O–H groups in total. The molecule has 0 aromatic heterocycles. The SMILES string of the molecule is CC1CN(C(=O)N2CCCC(CO)C2)CC1C(=O)O. The molecule has 0 spiro atoms. The van der Waals surface area contributed by atoms with E-state index in [0.717, 1.165) is 12.8 Å². The summed E-state index contributed by atoms with van der Waals surface area (Å²) in [6.07, 6.45) is 1.86. The molecule has 2 aliphatic rings. The Morgan fingerprint density at radius 1 is 1.21 bits per heavy atom. The Balaban J connectivity index is 1.95. The quantitative estimate of drug-likeness (QED) is 0.764. The van der Waals surface area contributed by atoms with Gasteiger partial charge in [0.1, 0.15) is 0 Å². The molecule has 0 saturated carbocycles. The number of aliphatic hydroxyl groups excluding tert-OH is 1. The minimum Gasteiger partial charge on any atom is -0.481 e. The van der Waals surface area contributed by atoms with Crippen molar-refractivity contribution in [1.29, 1.82) is 0 Å². The first kappa shape index (κ1) is 14.1. The Kier molecular flexibility index (Phi) is 4.29. The van der Waals surface area contributed by atoms with Gasteiger partial charge in [0.15, 0.2) is 0 Å². The zero-order valence-corrected chi connectivity index (χ0v) is 11.3. The van der Waals surface area contributed by atoms with E-state index in [4.69, 9.17) is 5.11 Å². The van der Waals surface area contributed by atoms with Crippen molar-refractivity contribution in [2.75, 3.05) is 32.8 Å². The molecule has 3 unspecified atom stereocenters. The highest BCUT2D eigenvalue weighted by Gasteiger charge is 2.39. The summed E-state index contributed by atoms with van der Waals surface area (Å²) in [5.41, 5.74) is 0. The Bertz CT molecular complexity index is 361. The summed E-state index contributed by atoms with van der Waals surface area (Å²) in [7, 11) is 0. The van der Waals surface area contributed by atoms with Crippen LogP contribution in [0.25, 0.3) is 0 Å². The van der Waals surface area contributed by atoms with Crippen LogP contribution in [-0.2, 0) is 4.79 Å². The second kappa shape index (κ2) is 5.77. The van der Waals surface area contributed by atoms with Crippen molar-refractivity contribution < 1.29 is 19.8 Å². The molecule has 19 heavy (non-hydrogen) atoms. The molecule has 2 rings (SSSR count). The molecule has 2 heterocycles. The smallest absolute Gasteiger partial charge is 0.320 e. The number of urea groups is 1. The predicted octanol–water partition coefficient (Wildman–Crippen LogP) is 0.463. The van der Waals surface area contributed by atoms with E-state index in [1.54, 1.807) is 9.80 Å². The third-order valence-electron chi connectivity index (χ3n) is 4.25. The molecular formula is C13H22N2O4. The van der Waals surface area contributed by atoms with Gasteiger partial charge in [-0.2, -0.15) is 0 Å². The molecule has 0 radical (unpaired) electrons. The van der Waals surface area contributed by atoms with Gasteiger partial charge in [0.25, 0.3) is 0 Å². The van der Waals surface area contributed by atoms with Gasteiger partial charge in [-0.15, -0.1) is 0 Å². The molecule has 2 amide bonds. The third-order valence-corrected chi connectivity index (χ3v) is 4.25. The average Bonchev–Trinajstić information content (AvgIpc) is 2.80. The second-order valence-electron chi connectivity index (χ2n) is 5.75. The average molecular weight is 270 g/mol. The maximum atomic E-state index is 12.4. The van der Waals surface area contributed by atoms with Gasteiger partial charge in [-0.3, -0.25) is 4.79 Å². The first-order chi connectivity index (χ1) is 9.02. The van der Waals surface area contributed by atoms with Gasteiger partial charge < -0.3 is 20.0 Å². The number of likely N-dealkylation sites (tertiary alicyclic amines) is 2. The number of piperidine rings is 1. The standard InChI is InChI=1S/C13H22N2O4/c1-9-5-15(7-11(9)12(17)18)13(19)14-4-2-3-10(6-14)8-16/h9-11,16H,2-8H2,1H3,(H,17,18). The number of hydrogen-bond acceptors (Lipinski definition) is 3. The highest BCUT2D eigenvalue weighted by Crippen LogP contribution is 2.25. The van der Waals surface area contributed by atoms with E-state index in [-0.39, 0.29) is 24.5 Å². The number of aliphatic carboxylic acids is 1. The number of carboxylic acid groups (broad SMARTS) is 1. The molecule has 6 heteroatoms. The molecule has 0 bridgehead atoms. The van der Waals surface area contributed by atoms with Gasteiger partial charge in [-0.05, 0) is 24.7 Å². The number of amides is 2. The number of hydrogen-bond donors (Lipinski definition) is 2. The van der Waals surface area contributed by atoms with Gasteiger partial charge in [-0.1, -0.05) is 6.92 Å². The van der Waals surface area contributed by atoms with Crippen molar-refractivity contribution in [3.63, 3.8) is 0 Å². The first-order valence-electron chi connectivity index (χ1n) is 6.90. The minimum absolute atomic E-state index is 0.000112. The number of rotatable bonds is 2. The lowest BCUT2D eigenvalue weighted by Gasteiger charge is -2.34. The van der Waals surface area contributed by atoms with Gasteiger partial charge >= 0.3 is 12.0 Å². The van der Waals surface area contributed by atoms with Crippen LogP contribution in [0, 0.1) is 17.8 Å². The van der Waals surface area contributed by atoms with Crippen LogP contribution in [0.3, 0.4) is 0 Å². The normalized spacial score (nSPS) is 31.6. The lowest BCUT2D eigenvalue weighted by Crippen LogP contribution is -2.47. The third kappa shape index (κ3) is 3.00. The number of carboxylic acids is 1. The van der Waals surface area contributed by atoms with Crippen LogP contribution in [0.5, 0.6) is 0 Å². The van der Waals surface area contributed by atoms with Gasteiger partial charge in [0.05, 0.1) is 5.92 Å². The highest BCUT2D eigenvalue weighted by molar-refractivity contribution is 5.77. The van der Waals surface area contributed by atoms with E-state index >= 15 is 0 Å². The summed E-state index contributed by atoms with van der Waals surface area (Å²) >= 11 is 0. The van der Waals surface area contributed by atoms with Gasteiger partial charge in [-0.25, -0.2) is 4.79 Å². The Hall–Kier alpha value is -1.30. The van der Waals surface area contributed by atoms with Crippen molar-refractivity contribution in [3.8, 4) is 0 Å². The Labute approximate surface area is 113 Å². The Morgan fingerprint density at radius 3 is 2.53 bits per heavy atom. The fraction of sp³-hybridized carbons (Fsp3) is 0.846. The van der Waals surface area contributed by atoms with Crippen LogP contribution >= 0.6 is 0 Å². The van der Waals surface area contributed by atoms with E-state index in [9.17, 15) is 14.7 Å². The first-order valence-corrected chi connectivity index (χ1v) is 6.90. The molecular weight excluding hydrogens is 248 g/mol. The van der Waals surface area contributed by atoms with Crippen molar-refractivity contribution in [2.24, 2.45) is 17.8 Å². The minimum atomic E-state index is -0.824. The van der Waals surface area contributed by atoms with E-state index in [1.165, 1.54) is 0 Å². The molecule has 6 nitrogen and oxygen atoms in total. The van der Waals surface area contributed by atoms with E-state index in [1.807, 2.05) is 6.92 Å². The number of carbonyl (C=O) groups is 2. The lowest BCUT2D eigenvalue weighted by molar-refractivity contribution is -0.142. The van der Waals surface area contributed by atoms with Crippen molar-refractivity contribution in [1.82, 2.24) is 9.80 Å². The second-order valence-corrected chi connectivity index (χ2v) is 5.75. The summed E-state index contributed by atoms with van der Waals surface area (Å²) in [5.74, 6) is -1.12. The van der Waals surface area contributed by atoms with E-state index < -0.39 is 11.9 Å². The summed E-state index contributed by atoms with van der Waals surface area (Å²) < 4.78 is 0. The van der Waals surface area contributed by atoms with Gasteiger partial charge in [0.2, 0.25) is 0 Å². The maximum absolute atomic E-state index is 12.4. The van der Waals surface area contributed by atoms with Crippen molar-refractivity contribution in [3.05, 3.63) is 0 Å². The largest absolute Gasteiger partial charge is 0.481 e. The van der Waals surface area contributed by atoms with Crippen LogP contribution in [0.1, 0.15) is 19.8 Å². The lowest BCUT2D eigenvalue weighted by atomic mass is 9.99. The fourth-order valence-electron chi connectivity index (χ4n) is 3.03. The summed E-state index contributed by atoms with van der Waals surface area (Å²) in [4.78, 5) is 26.8. The monoisotopic (exact) mass is 270 g/mol. The predicted molar refractivity (Wildman–Crippen MR) is 68.6 cm³/mol. The topological polar surface area (TPSA) is 81.1 Å². The highest BCUT2D eigenvalue weighted by atomic mass is 16.4. The fourth-order valence-corrected chi connectivity index (χ4v) is 3.03. The van der Waals surface area contributed by atoms with Crippen molar-refractivity contribution in [2.45, 2.75) is 19.8 Å².